The van der Waals surface area contributed by atoms with E-state index in [4.69, 9.17) is 10.1 Å². The average Bonchev–Trinajstić information content (AvgIpc) is 3.13. The lowest BCUT2D eigenvalue weighted by molar-refractivity contribution is -0.139. The number of hydrogen-bond donors (Lipinski definition) is 3. The minimum atomic E-state index is -1.17. The molecule has 3 N–H and O–H groups in total. The van der Waals surface area contributed by atoms with Crippen LogP contribution in [0.25, 0.3) is 28.7 Å². The van der Waals surface area contributed by atoms with E-state index in [0.717, 1.165) is 16.8 Å². The molecule has 33 heavy (non-hydrogen) atoms. The first kappa shape index (κ1) is 24.3. The van der Waals surface area contributed by atoms with Gasteiger partial charge in [0.1, 0.15) is 11.6 Å². The first-order chi connectivity index (χ1) is 15.6. The SMILES string of the molecule is CC(C)(C)c1nc(-c2ccc(F)cc2)c(-c2ccncc2)n1/C=C/[C@@H](O)C[C@@H](O)CC(=O)O. The Labute approximate surface area is 191 Å². The highest BCUT2D eigenvalue weighted by Gasteiger charge is 2.27. The van der Waals surface area contributed by atoms with E-state index in [2.05, 4.69) is 4.98 Å². The first-order valence-corrected chi connectivity index (χ1v) is 10.6. The van der Waals surface area contributed by atoms with Crippen LogP contribution in [0.3, 0.4) is 0 Å². The smallest absolute Gasteiger partial charge is 0.305 e. The van der Waals surface area contributed by atoms with Crippen molar-refractivity contribution in [1.29, 1.82) is 0 Å². The Kier molecular flexibility index (Phi) is 7.40. The predicted molar refractivity (Wildman–Crippen MR) is 124 cm³/mol. The van der Waals surface area contributed by atoms with E-state index in [-0.39, 0.29) is 17.7 Å². The molecule has 0 aliphatic carbocycles. The quantitative estimate of drug-likeness (QED) is 0.474. The summed E-state index contributed by atoms with van der Waals surface area (Å²) in [6, 6.07) is 9.78. The number of halogens is 1. The van der Waals surface area contributed by atoms with Gasteiger partial charge in [-0.2, -0.15) is 0 Å². The molecule has 8 heteroatoms. The molecule has 0 fully saturated rings. The number of carboxylic acids is 1. The molecule has 0 saturated carbocycles. The van der Waals surface area contributed by atoms with Crippen LogP contribution >= 0.6 is 0 Å². The zero-order valence-electron chi connectivity index (χ0n) is 18.8. The maximum Gasteiger partial charge on any atom is 0.305 e. The third-order valence-electron chi connectivity index (χ3n) is 5.03. The van der Waals surface area contributed by atoms with Gasteiger partial charge in [-0.05, 0) is 42.5 Å². The van der Waals surface area contributed by atoms with E-state index in [1.807, 2.05) is 37.5 Å². The van der Waals surface area contributed by atoms with Crippen LogP contribution in [0.5, 0.6) is 0 Å². The Hall–Kier alpha value is -3.36. The molecule has 3 aromatic rings. The standard InChI is InChI=1S/C25H28FN3O4/c1-25(2,3)24-28-22(16-4-6-18(26)7-5-16)23(17-8-11-27-12-9-17)29(24)13-10-19(30)14-20(31)15-21(32)33/h4-13,19-20,30-31H,14-15H2,1-3H3,(H,32,33)/b13-10+/t19-,20-/m1/s1. The van der Waals surface area contributed by atoms with Gasteiger partial charge in [0.15, 0.2) is 0 Å². The minimum absolute atomic E-state index is 0.113. The van der Waals surface area contributed by atoms with Crippen molar-refractivity contribution in [2.24, 2.45) is 0 Å². The van der Waals surface area contributed by atoms with Gasteiger partial charge in [0.25, 0.3) is 0 Å². The maximum absolute atomic E-state index is 13.6. The Morgan fingerprint density at radius 3 is 2.30 bits per heavy atom. The summed E-state index contributed by atoms with van der Waals surface area (Å²) < 4.78 is 15.4. The van der Waals surface area contributed by atoms with Gasteiger partial charge < -0.3 is 19.9 Å². The summed E-state index contributed by atoms with van der Waals surface area (Å²) in [4.78, 5) is 19.8. The average molecular weight is 454 g/mol. The molecule has 0 radical (unpaired) electrons. The van der Waals surface area contributed by atoms with Gasteiger partial charge in [-0.3, -0.25) is 9.78 Å². The summed E-state index contributed by atoms with van der Waals surface area (Å²) in [5.41, 5.74) is 2.58. The second-order valence-electron chi connectivity index (χ2n) is 8.89. The highest BCUT2D eigenvalue weighted by atomic mass is 19.1. The molecule has 174 valence electrons. The number of hydrogen-bond acceptors (Lipinski definition) is 5. The fourth-order valence-electron chi connectivity index (χ4n) is 3.53. The molecule has 2 heterocycles. The van der Waals surface area contributed by atoms with Gasteiger partial charge >= 0.3 is 5.97 Å². The number of aliphatic hydroxyl groups excluding tert-OH is 2. The summed E-state index contributed by atoms with van der Waals surface area (Å²) in [6.07, 6.45) is 3.72. The Bertz CT molecular complexity index is 1120. The number of aromatic nitrogens is 3. The van der Waals surface area contributed by atoms with E-state index in [1.54, 1.807) is 30.7 Å². The number of benzene rings is 1. The summed E-state index contributed by atoms with van der Waals surface area (Å²) >= 11 is 0. The summed E-state index contributed by atoms with van der Waals surface area (Å²) in [5, 5.41) is 29.0. The van der Waals surface area contributed by atoms with Crippen molar-refractivity contribution in [3.8, 4) is 22.5 Å². The van der Waals surface area contributed by atoms with Crippen LogP contribution in [-0.2, 0) is 10.2 Å². The van der Waals surface area contributed by atoms with Crippen molar-refractivity contribution < 1.29 is 24.5 Å². The monoisotopic (exact) mass is 453 g/mol. The molecular formula is C25H28FN3O4. The topological polar surface area (TPSA) is 108 Å². The zero-order chi connectivity index (χ0) is 24.2. The van der Waals surface area contributed by atoms with Gasteiger partial charge in [0.2, 0.25) is 0 Å². The van der Waals surface area contributed by atoms with Gasteiger partial charge in [-0.25, -0.2) is 9.37 Å². The highest BCUT2D eigenvalue weighted by Crippen LogP contribution is 2.36. The fourth-order valence-corrected chi connectivity index (χ4v) is 3.53. The number of aliphatic hydroxyl groups is 2. The number of imidazole rings is 1. The number of nitrogens with zero attached hydrogens (tertiary/aromatic N) is 3. The van der Waals surface area contributed by atoms with Gasteiger partial charge in [0, 0.05) is 41.6 Å². The molecule has 2 atom stereocenters. The number of carbonyl (C=O) groups is 1. The van der Waals surface area contributed by atoms with Crippen molar-refractivity contribution in [3.05, 3.63) is 66.5 Å². The van der Waals surface area contributed by atoms with Crippen molar-refractivity contribution >= 4 is 12.2 Å². The molecule has 7 nitrogen and oxygen atoms in total. The van der Waals surface area contributed by atoms with Crippen LogP contribution in [-0.4, -0.2) is 48.0 Å². The van der Waals surface area contributed by atoms with Crippen LogP contribution in [0.1, 0.15) is 39.4 Å². The van der Waals surface area contributed by atoms with Crippen molar-refractivity contribution in [3.63, 3.8) is 0 Å². The van der Waals surface area contributed by atoms with Crippen molar-refractivity contribution in [2.45, 2.75) is 51.2 Å². The molecular weight excluding hydrogens is 425 g/mol. The second-order valence-corrected chi connectivity index (χ2v) is 8.89. The second kappa shape index (κ2) is 10.1. The maximum atomic E-state index is 13.6. The van der Waals surface area contributed by atoms with E-state index >= 15 is 0 Å². The molecule has 0 amide bonds. The summed E-state index contributed by atoms with van der Waals surface area (Å²) in [6.45, 7) is 6.03. The lowest BCUT2D eigenvalue weighted by Crippen LogP contribution is -2.20. The van der Waals surface area contributed by atoms with Crippen molar-refractivity contribution in [1.82, 2.24) is 14.5 Å². The fraction of sp³-hybridized carbons (Fsp3) is 0.320. The van der Waals surface area contributed by atoms with E-state index < -0.39 is 24.6 Å². The molecule has 0 spiro atoms. The molecule has 0 unspecified atom stereocenters. The third kappa shape index (κ3) is 6.12. The Morgan fingerprint density at radius 2 is 1.73 bits per heavy atom. The van der Waals surface area contributed by atoms with Crippen LogP contribution < -0.4 is 0 Å². The minimum Gasteiger partial charge on any atom is -0.481 e. The highest BCUT2D eigenvalue weighted by molar-refractivity contribution is 5.80. The lowest BCUT2D eigenvalue weighted by atomic mass is 9.95. The van der Waals surface area contributed by atoms with Gasteiger partial charge in [-0.15, -0.1) is 0 Å². The summed E-state index contributed by atoms with van der Waals surface area (Å²) in [5.74, 6) is -0.766. The zero-order valence-corrected chi connectivity index (χ0v) is 18.8. The van der Waals surface area contributed by atoms with Gasteiger partial charge in [-0.1, -0.05) is 20.8 Å². The van der Waals surface area contributed by atoms with E-state index in [9.17, 15) is 19.4 Å². The van der Waals surface area contributed by atoms with Crippen LogP contribution in [0.2, 0.25) is 0 Å². The number of rotatable bonds is 8. The summed E-state index contributed by atoms with van der Waals surface area (Å²) in [7, 11) is 0. The van der Waals surface area contributed by atoms with E-state index in [0.29, 0.717) is 11.5 Å². The van der Waals surface area contributed by atoms with E-state index in [1.165, 1.54) is 18.2 Å². The molecule has 0 aliphatic rings. The van der Waals surface area contributed by atoms with Crippen LogP contribution in [0.15, 0.2) is 54.9 Å². The van der Waals surface area contributed by atoms with Crippen LogP contribution in [0, 0.1) is 5.82 Å². The predicted octanol–water partition coefficient (Wildman–Crippen LogP) is 4.11. The number of aliphatic carboxylic acids is 1. The number of pyridine rings is 1. The lowest BCUT2D eigenvalue weighted by Gasteiger charge is -2.19. The largest absolute Gasteiger partial charge is 0.481 e. The molecule has 0 saturated heterocycles. The third-order valence-corrected chi connectivity index (χ3v) is 5.03. The van der Waals surface area contributed by atoms with Crippen LogP contribution in [0.4, 0.5) is 4.39 Å². The molecule has 3 rings (SSSR count). The number of carboxylic acid groups (broad SMARTS) is 1. The molecule has 1 aromatic carbocycles. The van der Waals surface area contributed by atoms with Gasteiger partial charge in [0.05, 0.1) is 30.0 Å². The molecule has 0 bridgehead atoms. The van der Waals surface area contributed by atoms with Crippen molar-refractivity contribution in [2.75, 3.05) is 0 Å². The normalized spacial score (nSPS) is 13.9. The molecule has 2 aromatic heterocycles. The first-order valence-electron chi connectivity index (χ1n) is 10.6. The molecule has 0 aliphatic heterocycles. The Balaban J connectivity index is 2.12. The Morgan fingerprint density at radius 1 is 1.09 bits per heavy atom.